The molecule has 76 valence electrons. The number of H-pyrrole nitrogens is 1. The van der Waals surface area contributed by atoms with Gasteiger partial charge in [0.1, 0.15) is 0 Å². The quantitative estimate of drug-likeness (QED) is 0.628. The molecule has 0 aliphatic carbocycles. The van der Waals surface area contributed by atoms with E-state index in [1.807, 2.05) is 0 Å². The third kappa shape index (κ3) is 1.60. The van der Waals surface area contributed by atoms with Crippen LogP contribution in [0.4, 0.5) is 0 Å². The normalized spacial score (nSPS) is 26.9. The highest BCUT2D eigenvalue weighted by Crippen LogP contribution is 2.21. The van der Waals surface area contributed by atoms with E-state index >= 15 is 0 Å². The second-order valence-corrected chi connectivity index (χ2v) is 3.83. The van der Waals surface area contributed by atoms with Crippen LogP contribution in [0.15, 0.2) is 6.20 Å². The molecule has 1 aromatic heterocycles. The fourth-order valence-corrected chi connectivity index (χ4v) is 1.59. The van der Waals surface area contributed by atoms with Crippen molar-refractivity contribution in [2.45, 2.75) is 18.9 Å². The lowest BCUT2D eigenvalue weighted by molar-refractivity contribution is 0.0569. The number of aliphatic hydroxyl groups is 1. The summed E-state index contributed by atoms with van der Waals surface area (Å²) in [5.41, 5.74) is -0.470. The van der Waals surface area contributed by atoms with Crippen molar-refractivity contribution in [3.8, 4) is 0 Å². The molecule has 1 atom stereocenters. The third-order valence-corrected chi connectivity index (χ3v) is 2.37. The summed E-state index contributed by atoms with van der Waals surface area (Å²) in [6, 6.07) is 0. The Morgan fingerprint density at radius 1 is 1.79 bits per heavy atom. The molecule has 0 saturated carbocycles. The molecular weight excluding hydrogens is 184 g/mol. The standard InChI is InChI=1S/C8H12N4O2/c1-8(14)2-3-12(5-8)7(13)6-4-9-11-10-6/h4,14H,2-3,5H2,1H3,(H,9,10,11). The molecule has 1 saturated heterocycles. The summed E-state index contributed by atoms with van der Waals surface area (Å²) in [5, 5.41) is 19.3. The van der Waals surface area contributed by atoms with Crippen molar-refractivity contribution in [3.63, 3.8) is 0 Å². The van der Waals surface area contributed by atoms with Gasteiger partial charge in [0.05, 0.1) is 11.8 Å². The summed E-state index contributed by atoms with van der Waals surface area (Å²) < 4.78 is 0. The van der Waals surface area contributed by atoms with Crippen molar-refractivity contribution in [1.29, 1.82) is 0 Å². The van der Waals surface area contributed by atoms with E-state index in [1.165, 1.54) is 6.20 Å². The number of rotatable bonds is 1. The summed E-state index contributed by atoms with van der Waals surface area (Å²) in [7, 11) is 0. The van der Waals surface area contributed by atoms with E-state index in [0.29, 0.717) is 25.2 Å². The van der Waals surface area contributed by atoms with Crippen LogP contribution in [-0.4, -0.2) is 50.0 Å². The summed E-state index contributed by atoms with van der Waals surface area (Å²) in [6.07, 6.45) is 1.99. The van der Waals surface area contributed by atoms with Crippen LogP contribution in [-0.2, 0) is 0 Å². The lowest BCUT2D eigenvalue weighted by atomic mass is 10.1. The Labute approximate surface area is 80.9 Å². The fourth-order valence-electron chi connectivity index (χ4n) is 1.59. The van der Waals surface area contributed by atoms with Gasteiger partial charge in [0.25, 0.3) is 5.91 Å². The van der Waals surface area contributed by atoms with Gasteiger partial charge in [-0.05, 0) is 13.3 Å². The topological polar surface area (TPSA) is 82.1 Å². The van der Waals surface area contributed by atoms with Crippen molar-refractivity contribution >= 4 is 5.91 Å². The Balaban J connectivity index is 2.08. The number of hydrogen-bond acceptors (Lipinski definition) is 4. The highest BCUT2D eigenvalue weighted by atomic mass is 16.3. The number of nitrogens with zero attached hydrogens (tertiary/aromatic N) is 3. The van der Waals surface area contributed by atoms with Gasteiger partial charge in [0, 0.05) is 13.1 Å². The molecule has 1 aliphatic rings. The molecule has 1 aliphatic heterocycles. The van der Waals surface area contributed by atoms with Gasteiger partial charge in [-0.3, -0.25) is 4.79 Å². The van der Waals surface area contributed by atoms with Crippen LogP contribution in [0.5, 0.6) is 0 Å². The first-order valence-electron chi connectivity index (χ1n) is 4.46. The van der Waals surface area contributed by atoms with E-state index < -0.39 is 5.60 Å². The SMILES string of the molecule is CC1(O)CCN(C(=O)c2cn[nH]n2)C1. The molecule has 1 fully saturated rings. The highest BCUT2D eigenvalue weighted by Gasteiger charge is 2.34. The largest absolute Gasteiger partial charge is 0.388 e. The lowest BCUT2D eigenvalue weighted by Crippen LogP contribution is -2.34. The van der Waals surface area contributed by atoms with Crippen LogP contribution >= 0.6 is 0 Å². The number of hydrogen-bond donors (Lipinski definition) is 2. The molecule has 2 heterocycles. The average molecular weight is 196 g/mol. The van der Waals surface area contributed by atoms with E-state index in [9.17, 15) is 9.90 Å². The smallest absolute Gasteiger partial charge is 0.276 e. The van der Waals surface area contributed by atoms with E-state index in [0.717, 1.165) is 0 Å². The molecule has 1 amide bonds. The fraction of sp³-hybridized carbons (Fsp3) is 0.625. The van der Waals surface area contributed by atoms with Crippen molar-refractivity contribution in [2.24, 2.45) is 0 Å². The van der Waals surface area contributed by atoms with Gasteiger partial charge in [-0.25, -0.2) is 0 Å². The molecule has 14 heavy (non-hydrogen) atoms. The first kappa shape index (κ1) is 9.14. The Kier molecular flexibility index (Phi) is 1.99. The monoisotopic (exact) mass is 196 g/mol. The highest BCUT2D eigenvalue weighted by molar-refractivity contribution is 5.92. The molecular formula is C8H12N4O2. The Hall–Kier alpha value is -1.43. The second-order valence-electron chi connectivity index (χ2n) is 3.83. The minimum absolute atomic E-state index is 0.184. The van der Waals surface area contributed by atoms with Gasteiger partial charge in [0.15, 0.2) is 5.69 Å². The van der Waals surface area contributed by atoms with Crippen molar-refractivity contribution < 1.29 is 9.90 Å². The molecule has 1 aromatic rings. The number of aromatic nitrogens is 3. The van der Waals surface area contributed by atoms with E-state index in [-0.39, 0.29) is 5.91 Å². The van der Waals surface area contributed by atoms with Gasteiger partial charge in [-0.2, -0.15) is 15.4 Å². The maximum Gasteiger partial charge on any atom is 0.276 e. The second kappa shape index (κ2) is 3.06. The van der Waals surface area contributed by atoms with Gasteiger partial charge < -0.3 is 10.0 Å². The van der Waals surface area contributed by atoms with Crippen molar-refractivity contribution in [3.05, 3.63) is 11.9 Å². The first-order valence-corrected chi connectivity index (χ1v) is 4.46. The van der Waals surface area contributed by atoms with E-state index in [4.69, 9.17) is 0 Å². The number of likely N-dealkylation sites (tertiary alicyclic amines) is 1. The van der Waals surface area contributed by atoms with Crippen LogP contribution in [0.25, 0.3) is 0 Å². The van der Waals surface area contributed by atoms with Crippen LogP contribution in [0, 0.1) is 0 Å². The molecule has 2 rings (SSSR count). The zero-order valence-corrected chi connectivity index (χ0v) is 7.90. The summed E-state index contributed by atoms with van der Waals surface area (Å²) >= 11 is 0. The molecule has 0 spiro atoms. The van der Waals surface area contributed by atoms with Crippen molar-refractivity contribution in [1.82, 2.24) is 20.3 Å². The van der Waals surface area contributed by atoms with Gasteiger partial charge in [-0.15, -0.1) is 0 Å². The minimum atomic E-state index is -0.764. The molecule has 6 nitrogen and oxygen atoms in total. The molecule has 0 aromatic carbocycles. The Morgan fingerprint density at radius 3 is 3.07 bits per heavy atom. The average Bonchev–Trinajstić information content (AvgIpc) is 2.72. The van der Waals surface area contributed by atoms with Crippen molar-refractivity contribution in [2.75, 3.05) is 13.1 Å². The molecule has 0 bridgehead atoms. The Bertz CT molecular complexity index is 333. The third-order valence-electron chi connectivity index (χ3n) is 2.37. The van der Waals surface area contributed by atoms with Crippen LogP contribution in [0.1, 0.15) is 23.8 Å². The van der Waals surface area contributed by atoms with Crippen LogP contribution < -0.4 is 0 Å². The number of nitrogens with one attached hydrogen (secondary N) is 1. The van der Waals surface area contributed by atoms with E-state index in [1.54, 1.807) is 11.8 Å². The minimum Gasteiger partial charge on any atom is -0.388 e. The number of carbonyl (C=O) groups excluding carboxylic acids is 1. The van der Waals surface area contributed by atoms with Crippen LogP contribution in [0.3, 0.4) is 0 Å². The number of amides is 1. The zero-order chi connectivity index (χ0) is 10.2. The van der Waals surface area contributed by atoms with E-state index in [2.05, 4.69) is 15.4 Å². The van der Waals surface area contributed by atoms with Gasteiger partial charge in [0.2, 0.25) is 0 Å². The van der Waals surface area contributed by atoms with Crippen LogP contribution in [0.2, 0.25) is 0 Å². The maximum absolute atomic E-state index is 11.7. The first-order chi connectivity index (χ1) is 6.58. The molecule has 2 N–H and O–H groups in total. The van der Waals surface area contributed by atoms with Gasteiger partial charge >= 0.3 is 0 Å². The predicted molar refractivity (Wildman–Crippen MR) is 47.5 cm³/mol. The summed E-state index contributed by atoms with van der Waals surface area (Å²) in [6.45, 7) is 2.65. The Morgan fingerprint density at radius 2 is 2.57 bits per heavy atom. The lowest BCUT2D eigenvalue weighted by Gasteiger charge is -2.17. The molecule has 0 radical (unpaired) electrons. The summed E-state index contributed by atoms with van der Waals surface area (Å²) in [4.78, 5) is 13.3. The summed E-state index contributed by atoms with van der Waals surface area (Å²) in [5.74, 6) is -0.184. The maximum atomic E-state index is 11.7. The molecule has 6 heteroatoms. The number of aromatic amines is 1. The zero-order valence-electron chi connectivity index (χ0n) is 7.90. The predicted octanol–water partition coefficient (Wildman–Crippen LogP) is -0.598. The molecule has 1 unspecified atom stereocenters. The van der Waals surface area contributed by atoms with Gasteiger partial charge in [-0.1, -0.05) is 0 Å². The number of carbonyl (C=O) groups is 1. The number of β-amino-alcohol motifs (C(OH)–C–C–N with tert-alkyl or cyclic N) is 1.